The van der Waals surface area contributed by atoms with Crippen LogP contribution in [-0.2, 0) is 11.5 Å². The Morgan fingerprint density at radius 1 is 1.27 bits per heavy atom. The highest BCUT2D eigenvalue weighted by molar-refractivity contribution is 9.10. The van der Waals surface area contributed by atoms with E-state index in [2.05, 4.69) is 82.4 Å². The molecule has 0 amide bonds. The van der Waals surface area contributed by atoms with Crippen molar-refractivity contribution in [3.05, 3.63) is 35.2 Å². The number of fused-ring (bicyclic) bond motifs is 1. The van der Waals surface area contributed by atoms with Crippen LogP contribution >= 0.6 is 15.9 Å². The van der Waals surface area contributed by atoms with E-state index in [9.17, 15) is 0 Å². The van der Waals surface area contributed by atoms with E-state index >= 15 is 0 Å². The second-order valence-corrected chi connectivity index (χ2v) is 14.7. The molecule has 3 aromatic heterocycles. The fraction of sp³-hybridized carbons (Fsp3) is 0.474. The molecular weight excluding hydrogens is 408 g/mol. The van der Waals surface area contributed by atoms with E-state index < -0.39 is 8.07 Å². The summed E-state index contributed by atoms with van der Waals surface area (Å²) in [4.78, 5) is 4.63. The lowest BCUT2D eigenvalue weighted by Crippen LogP contribution is -2.22. The number of rotatable bonds is 7. The molecule has 0 aromatic carbocycles. The molecular formula is C19H27BrN4OSi. The number of hydrogen-bond donors (Lipinski definition) is 0. The Morgan fingerprint density at radius 3 is 2.73 bits per heavy atom. The number of hydrogen-bond acceptors (Lipinski definition) is 3. The first-order valence-electron chi connectivity index (χ1n) is 9.02. The molecule has 3 heterocycles. The molecule has 0 saturated carbocycles. The van der Waals surface area contributed by atoms with Gasteiger partial charge in [0.25, 0.3) is 0 Å². The van der Waals surface area contributed by atoms with E-state index in [0.717, 1.165) is 39.4 Å². The third-order valence-corrected chi connectivity index (χ3v) is 6.48. The summed E-state index contributed by atoms with van der Waals surface area (Å²) in [6, 6.07) is 5.64. The van der Waals surface area contributed by atoms with Crippen molar-refractivity contribution in [1.82, 2.24) is 19.3 Å². The van der Waals surface area contributed by atoms with Crippen molar-refractivity contribution in [2.45, 2.75) is 52.3 Å². The van der Waals surface area contributed by atoms with Gasteiger partial charge in [0.15, 0.2) is 0 Å². The average Bonchev–Trinajstić information content (AvgIpc) is 3.15. The second-order valence-electron chi connectivity index (χ2n) is 8.14. The zero-order valence-electron chi connectivity index (χ0n) is 16.2. The van der Waals surface area contributed by atoms with Crippen LogP contribution in [0.25, 0.3) is 22.3 Å². The van der Waals surface area contributed by atoms with E-state index in [0.29, 0.717) is 12.8 Å². The molecule has 140 valence electrons. The van der Waals surface area contributed by atoms with Crippen LogP contribution in [0.2, 0.25) is 25.7 Å². The molecule has 0 aliphatic rings. The van der Waals surface area contributed by atoms with E-state index in [-0.39, 0.29) is 0 Å². The van der Waals surface area contributed by atoms with Crippen LogP contribution in [0.1, 0.15) is 19.9 Å². The van der Waals surface area contributed by atoms with Crippen molar-refractivity contribution in [3.63, 3.8) is 0 Å². The average molecular weight is 435 g/mol. The molecule has 0 bridgehead atoms. The molecule has 0 saturated heterocycles. The van der Waals surface area contributed by atoms with Gasteiger partial charge in [-0.3, -0.25) is 4.68 Å². The van der Waals surface area contributed by atoms with E-state index in [1.54, 1.807) is 0 Å². The number of ether oxygens (including phenoxy) is 1. The predicted molar refractivity (Wildman–Crippen MR) is 113 cm³/mol. The van der Waals surface area contributed by atoms with Gasteiger partial charge >= 0.3 is 0 Å². The number of pyridine rings is 1. The van der Waals surface area contributed by atoms with Crippen molar-refractivity contribution >= 4 is 35.0 Å². The normalized spacial score (nSPS) is 12.4. The Morgan fingerprint density at radius 2 is 2.04 bits per heavy atom. The lowest BCUT2D eigenvalue weighted by molar-refractivity contribution is 0.0899. The third-order valence-electron chi connectivity index (χ3n) is 4.34. The minimum atomic E-state index is -1.08. The van der Waals surface area contributed by atoms with Crippen molar-refractivity contribution in [2.75, 3.05) is 6.61 Å². The van der Waals surface area contributed by atoms with Crippen LogP contribution < -0.4 is 0 Å². The maximum absolute atomic E-state index is 5.97. The second kappa shape index (κ2) is 7.66. The van der Waals surface area contributed by atoms with Crippen LogP contribution in [0, 0.1) is 0 Å². The fourth-order valence-electron chi connectivity index (χ4n) is 2.93. The van der Waals surface area contributed by atoms with Gasteiger partial charge in [0.05, 0.1) is 5.69 Å². The summed E-state index contributed by atoms with van der Waals surface area (Å²) in [5.74, 6) is 0. The topological polar surface area (TPSA) is 44.9 Å². The smallest absolute Gasteiger partial charge is 0.142 e. The molecule has 7 heteroatoms. The monoisotopic (exact) mass is 434 g/mol. The summed E-state index contributed by atoms with van der Waals surface area (Å²) in [5.41, 5.74) is 3.17. The summed E-state index contributed by atoms with van der Waals surface area (Å²) < 4.78 is 11.1. The summed E-state index contributed by atoms with van der Waals surface area (Å²) in [7, 11) is -1.08. The third kappa shape index (κ3) is 4.27. The highest BCUT2D eigenvalue weighted by atomic mass is 79.9. The Kier molecular flexibility index (Phi) is 5.69. The van der Waals surface area contributed by atoms with Crippen molar-refractivity contribution in [1.29, 1.82) is 0 Å². The maximum atomic E-state index is 5.97. The number of halogens is 1. The van der Waals surface area contributed by atoms with Crippen LogP contribution in [0.5, 0.6) is 0 Å². The SMILES string of the molecule is CC(C)n1nccc1-c1cn(COCC[Si](C)(C)C)c2ncc(Br)cc12. The van der Waals surface area contributed by atoms with Gasteiger partial charge in [-0.15, -0.1) is 0 Å². The van der Waals surface area contributed by atoms with Gasteiger partial charge in [-0.25, -0.2) is 4.98 Å². The van der Waals surface area contributed by atoms with Gasteiger partial charge in [-0.1, -0.05) is 19.6 Å². The molecule has 0 N–H and O–H groups in total. The summed E-state index contributed by atoms with van der Waals surface area (Å²) in [5, 5.41) is 5.59. The zero-order chi connectivity index (χ0) is 18.9. The Bertz CT molecular complexity index is 895. The molecule has 0 unspecified atom stereocenters. The molecule has 0 spiro atoms. The molecule has 0 atom stereocenters. The largest absolute Gasteiger partial charge is 0.361 e. The Balaban J connectivity index is 1.94. The van der Waals surface area contributed by atoms with Gasteiger partial charge in [-0.2, -0.15) is 5.10 Å². The van der Waals surface area contributed by atoms with E-state index in [1.807, 2.05) is 17.1 Å². The number of aromatic nitrogens is 4. The van der Waals surface area contributed by atoms with Crippen molar-refractivity contribution in [3.8, 4) is 11.3 Å². The first-order chi connectivity index (χ1) is 12.3. The van der Waals surface area contributed by atoms with Gasteiger partial charge in [-0.05, 0) is 48.0 Å². The summed E-state index contributed by atoms with van der Waals surface area (Å²) in [6.45, 7) is 12.7. The van der Waals surface area contributed by atoms with Crippen LogP contribution in [-0.4, -0.2) is 34.0 Å². The zero-order valence-corrected chi connectivity index (χ0v) is 18.7. The molecule has 0 aliphatic carbocycles. The Labute approximate surface area is 164 Å². The van der Waals surface area contributed by atoms with Gasteiger partial charge < -0.3 is 9.30 Å². The Hall–Kier alpha value is -1.44. The minimum Gasteiger partial charge on any atom is -0.361 e. The summed E-state index contributed by atoms with van der Waals surface area (Å²) >= 11 is 3.55. The highest BCUT2D eigenvalue weighted by Gasteiger charge is 2.17. The van der Waals surface area contributed by atoms with Gasteiger partial charge in [0, 0.05) is 54.7 Å². The molecule has 3 rings (SSSR count). The molecule has 0 fully saturated rings. The minimum absolute atomic E-state index is 0.298. The first kappa shape index (κ1) is 19.3. The van der Waals surface area contributed by atoms with Crippen LogP contribution in [0.15, 0.2) is 35.2 Å². The lowest BCUT2D eigenvalue weighted by atomic mass is 10.1. The molecule has 0 aliphatic heterocycles. The molecule has 3 aromatic rings. The van der Waals surface area contributed by atoms with Crippen molar-refractivity contribution in [2.24, 2.45) is 0 Å². The molecule has 5 nitrogen and oxygen atoms in total. The van der Waals surface area contributed by atoms with Crippen LogP contribution in [0.3, 0.4) is 0 Å². The fourth-order valence-corrected chi connectivity index (χ4v) is 4.02. The van der Waals surface area contributed by atoms with Crippen LogP contribution in [0.4, 0.5) is 0 Å². The standard InChI is InChI=1S/C19H27BrN4OSi/c1-14(2)24-18(6-7-22-24)17-12-23(13-25-8-9-26(3,4)5)19-16(17)10-15(20)11-21-19/h6-7,10-12,14H,8-9,13H2,1-5H3. The van der Waals surface area contributed by atoms with E-state index in [4.69, 9.17) is 4.74 Å². The van der Waals surface area contributed by atoms with E-state index in [1.165, 1.54) is 0 Å². The predicted octanol–water partition coefficient (Wildman–Crippen LogP) is 5.56. The summed E-state index contributed by atoms with van der Waals surface area (Å²) in [6.07, 6.45) is 5.83. The lowest BCUT2D eigenvalue weighted by Gasteiger charge is -2.15. The quantitative estimate of drug-likeness (QED) is 0.361. The highest BCUT2D eigenvalue weighted by Crippen LogP contribution is 2.32. The molecule has 26 heavy (non-hydrogen) atoms. The van der Waals surface area contributed by atoms with Gasteiger partial charge in [0.1, 0.15) is 12.4 Å². The maximum Gasteiger partial charge on any atom is 0.142 e. The van der Waals surface area contributed by atoms with Crippen molar-refractivity contribution < 1.29 is 4.74 Å². The number of nitrogens with zero attached hydrogens (tertiary/aromatic N) is 4. The first-order valence-corrected chi connectivity index (χ1v) is 13.5. The van der Waals surface area contributed by atoms with Gasteiger partial charge in [0.2, 0.25) is 0 Å². The molecule has 0 radical (unpaired) electrons.